The van der Waals surface area contributed by atoms with Crippen molar-refractivity contribution in [1.82, 2.24) is 10.3 Å². The van der Waals surface area contributed by atoms with Gasteiger partial charge >= 0.3 is 0 Å². The van der Waals surface area contributed by atoms with E-state index in [1.165, 1.54) is 0 Å². The standard InChI is InChI=1S/C16H13N3O.4C2H6.2Y/c17-9-10-18-16(20)15-11-5-1-3-7-13(11)19-14-8-4-2-6-12(14)15;4*1-2;;/h3-8H,9-10,17H2,(H,18,20);4*1-2H3;;/q-2;;;;;;. The molecule has 0 aliphatic heterocycles. The van der Waals surface area contributed by atoms with Crippen molar-refractivity contribution >= 4 is 27.7 Å². The van der Waals surface area contributed by atoms with Crippen molar-refractivity contribution in [2.75, 3.05) is 13.1 Å². The van der Waals surface area contributed by atoms with Crippen LogP contribution in [0.2, 0.25) is 0 Å². The van der Waals surface area contributed by atoms with Gasteiger partial charge in [-0.25, -0.2) is 0 Å². The number of benzene rings is 2. The number of aromatic nitrogens is 1. The molecule has 1 heterocycles. The van der Waals surface area contributed by atoms with E-state index in [4.69, 9.17) is 5.73 Å². The van der Waals surface area contributed by atoms with Gasteiger partial charge in [-0.15, -0.1) is 22.9 Å². The molecular weight excluding hydrogens is 524 g/mol. The summed E-state index contributed by atoms with van der Waals surface area (Å²) in [5.41, 5.74) is 7.60. The maximum Gasteiger partial charge on any atom is 0.228 e. The molecule has 4 nitrogen and oxygen atoms in total. The molecule has 1 amide bonds. The van der Waals surface area contributed by atoms with Gasteiger partial charge in [-0.3, -0.25) is 4.79 Å². The topological polar surface area (TPSA) is 68.0 Å². The predicted molar refractivity (Wildman–Crippen MR) is 124 cm³/mol. The largest absolute Gasteiger partial charge is 0.353 e. The first-order valence-corrected chi connectivity index (χ1v) is 10.4. The molecule has 3 N–H and O–H groups in total. The van der Waals surface area contributed by atoms with Crippen LogP contribution in [0.15, 0.2) is 36.4 Å². The number of nitrogens with one attached hydrogen (secondary N) is 1. The summed E-state index contributed by atoms with van der Waals surface area (Å²) >= 11 is 0. The van der Waals surface area contributed by atoms with Crippen molar-refractivity contribution in [3.8, 4) is 0 Å². The normalized spacial score (nSPS) is 8.03. The van der Waals surface area contributed by atoms with Crippen LogP contribution in [0.25, 0.3) is 21.8 Å². The summed E-state index contributed by atoms with van der Waals surface area (Å²) in [7, 11) is 0. The molecule has 6 heteroatoms. The summed E-state index contributed by atoms with van der Waals surface area (Å²) in [6.45, 7) is 16.8. The van der Waals surface area contributed by atoms with Gasteiger partial charge in [-0.1, -0.05) is 61.0 Å². The molecule has 0 atom stereocenters. The monoisotopic (exact) mass is 561 g/mol. The number of carbonyl (C=O) groups excluding carboxylic acids is 1. The van der Waals surface area contributed by atoms with E-state index in [1.807, 2.05) is 67.5 Å². The second-order valence-corrected chi connectivity index (χ2v) is 4.42. The average Bonchev–Trinajstić information content (AvgIpc) is 2.81. The van der Waals surface area contributed by atoms with E-state index in [2.05, 4.69) is 22.4 Å². The van der Waals surface area contributed by atoms with Crippen LogP contribution in [-0.4, -0.2) is 24.0 Å². The summed E-state index contributed by atoms with van der Waals surface area (Å²) in [5.74, 6) is -0.146. The number of nitrogens with two attached hydrogens (primary N) is 1. The Morgan fingerprint density at radius 1 is 0.867 bits per heavy atom. The SMILES string of the molecule is CC.CC.CC.CC.NCCNC(=O)c1c2c[c-]ccc2nc2cc[c-]cc12.[Y].[Y]. The fraction of sp³-hybridized carbons (Fsp3) is 0.417. The molecule has 30 heavy (non-hydrogen) atoms. The molecular formula is C24H37N3OY2-2. The molecule has 2 radical (unpaired) electrons. The van der Waals surface area contributed by atoms with Crippen LogP contribution in [0.3, 0.4) is 0 Å². The third kappa shape index (κ3) is 11.4. The number of nitrogens with zero attached hydrogens (tertiary/aromatic N) is 1. The van der Waals surface area contributed by atoms with E-state index in [0.717, 1.165) is 21.8 Å². The van der Waals surface area contributed by atoms with Crippen LogP contribution in [0.4, 0.5) is 0 Å². The van der Waals surface area contributed by atoms with Crippen molar-refractivity contribution in [1.29, 1.82) is 0 Å². The molecule has 162 valence electrons. The number of hydrogen-bond acceptors (Lipinski definition) is 3. The number of hydrogen-bond donors (Lipinski definition) is 2. The number of pyridine rings is 1. The predicted octanol–water partition coefficient (Wildman–Crippen LogP) is 5.78. The maximum absolute atomic E-state index is 12.4. The summed E-state index contributed by atoms with van der Waals surface area (Å²) in [5, 5.41) is 4.39. The summed E-state index contributed by atoms with van der Waals surface area (Å²) in [4.78, 5) is 17.0. The van der Waals surface area contributed by atoms with Crippen molar-refractivity contribution in [3.63, 3.8) is 0 Å². The Morgan fingerprint density at radius 2 is 1.27 bits per heavy atom. The molecule has 2 aromatic carbocycles. The minimum atomic E-state index is -0.146. The van der Waals surface area contributed by atoms with Gasteiger partial charge < -0.3 is 16.0 Å². The van der Waals surface area contributed by atoms with E-state index in [1.54, 1.807) is 24.3 Å². The number of amides is 1. The van der Waals surface area contributed by atoms with Crippen LogP contribution in [-0.2, 0) is 65.4 Å². The minimum Gasteiger partial charge on any atom is -0.353 e. The second-order valence-electron chi connectivity index (χ2n) is 4.42. The van der Waals surface area contributed by atoms with Gasteiger partial charge in [0.05, 0.1) is 0 Å². The Labute approximate surface area is 234 Å². The van der Waals surface area contributed by atoms with Gasteiger partial charge in [0.25, 0.3) is 0 Å². The van der Waals surface area contributed by atoms with E-state index in [0.29, 0.717) is 18.7 Å². The first kappa shape index (κ1) is 37.1. The molecule has 0 unspecified atom stereocenters. The zero-order chi connectivity index (χ0) is 21.9. The van der Waals surface area contributed by atoms with Gasteiger partial charge in [0.2, 0.25) is 5.91 Å². The Hall–Kier alpha value is -0.252. The van der Waals surface area contributed by atoms with Crippen LogP contribution in [0, 0.1) is 12.1 Å². The van der Waals surface area contributed by atoms with E-state index in [-0.39, 0.29) is 71.3 Å². The van der Waals surface area contributed by atoms with Gasteiger partial charge in [0.15, 0.2) is 0 Å². The Morgan fingerprint density at radius 3 is 1.63 bits per heavy atom. The molecule has 0 saturated carbocycles. The second kappa shape index (κ2) is 25.0. The molecule has 0 bridgehead atoms. The van der Waals surface area contributed by atoms with Crippen molar-refractivity contribution in [2.24, 2.45) is 5.73 Å². The number of fused-ring (bicyclic) bond motifs is 2. The molecule has 0 aliphatic rings. The molecule has 3 rings (SSSR count). The zero-order valence-corrected chi connectivity index (χ0v) is 25.6. The first-order chi connectivity index (χ1) is 13.8. The van der Waals surface area contributed by atoms with Crippen molar-refractivity contribution in [3.05, 3.63) is 54.1 Å². The molecule has 3 aromatic rings. The average molecular weight is 561 g/mol. The summed E-state index contributed by atoms with van der Waals surface area (Å²) in [6.07, 6.45) is 0. The first-order valence-electron chi connectivity index (χ1n) is 10.4. The third-order valence-electron chi connectivity index (χ3n) is 3.12. The molecule has 0 aliphatic carbocycles. The molecule has 0 saturated heterocycles. The fourth-order valence-electron chi connectivity index (χ4n) is 2.23. The molecule has 0 spiro atoms. The third-order valence-corrected chi connectivity index (χ3v) is 3.12. The Balaban J connectivity index is -0.000000305. The smallest absolute Gasteiger partial charge is 0.228 e. The number of rotatable bonds is 3. The van der Waals surface area contributed by atoms with Crippen LogP contribution < -0.4 is 11.1 Å². The summed E-state index contributed by atoms with van der Waals surface area (Å²) < 4.78 is 0. The van der Waals surface area contributed by atoms with Gasteiger partial charge in [-0.05, 0) is 11.0 Å². The Kier molecular flexibility index (Phi) is 30.9. The summed E-state index contributed by atoms with van der Waals surface area (Å²) in [6, 6.07) is 16.8. The van der Waals surface area contributed by atoms with E-state index in [9.17, 15) is 4.79 Å². The van der Waals surface area contributed by atoms with Gasteiger partial charge in [-0.2, -0.15) is 36.4 Å². The van der Waals surface area contributed by atoms with Gasteiger partial charge in [0.1, 0.15) is 0 Å². The Bertz CT molecular complexity index is 742. The number of carbonyl (C=O) groups is 1. The molecule has 0 fully saturated rings. The van der Waals surface area contributed by atoms with E-state index >= 15 is 0 Å². The van der Waals surface area contributed by atoms with Crippen LogP contribution >= 0.6 is 0 Å². The van der Waals surface area contributed by atoms with E-state index < -0.39 is 0 Å². The van der Waals surface area contributed by atoms with Gasteiger partial charge in [0, 0.05) is 78.5 Å². The minimum absolute atomic E-state index is 0. The van der Waals surface area contributed by atoms with Crippen molar-refractivity contribution in [2.45, 2.75) is 55.4 Å². The van der Waals surface area contributed by atoms with Crippen LogP contribution in [0.1, 0.15) is 65.7 Å². The fourth-order valence-corrected chi connectivity index (χ4v) is 2.23. The maximum atomic E-state index is 12.4. The molecule has 1 aromatic heterocycles. The quantitative estimate of drug-likeness (QED) is 0.315. The van der Waals surface area contributed by atoms with Crippen molar-refractivity contribution < 1.29 is 70.2 Å². The zero-order valence-electron chi connectivity index (χ0n) is 20.0. The van der Waals surface area contributed by atoms with Crippen LogP contribution in [0.5, 0.6) is 0 Å².